The largest absolute Gasteiger partial charge is 0.497 e. The molecule has 2 N–H and O–H groups in total. The lowest BCUT2D eigenvalue weighted by molar-refractivity contribution is 0.0661. The Hall–Kier alpha value is -2.27. The van der Waals surface area contributed by atoms with Crippen molar-refractivity contribution in [2.45, 2.75) is 26.4 Å². The fraction of sp³-hybridized carbons (Fsp3) is 0.312. The summed E-state index contributed by atoms with van der Waals surface area (Å²) in [6, 6.07) is 9.51. The van der Waals surface area contributed by atoms with Gasteiger partial charge in [0.2, 0.25) is 5.76 Å². The Balaban J connectivity index is 2.03. The first-order valence-electron chi connectivity index (χ1n) is 6.71. The SMILES string of the molecule is COc1cccc([C@@H](C)NCc2cc(C(=O)O)oc2C)c1. The van der Waals surface area contributed by atoms with Crippen LogP contribution in [-0.4, -0.2) is 18.2 Å². The lowest BCUT2D eigenvalue weighted by Crippen LogP contribution is -2.18. The summed E-state index contributed by atoms with van der Waals surface area (Å²) >= 11 is 0. The summed E-state index contributed by atoms with van der Waals surface area (Å²) in [6.07, 6.45) is 0. The van der Waals surface area contributed by atoms with Crippen LogP contribution in [0.2, 0.25) is 0 Å². The first-order valence-corrected chi connectivity index (χ1v) is 6.71. The molecular formula is C16H19NO4. The molecule has 0 aliphatic heterocycles. The Kier molecular flexibility index (Phi) is 4.65. The van der Waals surface area contributed by atoms with Gasteiger partial charge in [-0.15, -0.1) is 0 Å². The fourth-order valence-electron chi connectivity index (χ4n) is 2.09. The predicted molar refractivity (Wildman–Crippen MR) is 78.7 cm³/mol. The number of furan rings is 1. The van der Waals surface area contributed by atoms with Crippen LogP contribution in [-0.2, 0) is 6.54 Å². The summed E-state index contributed by atoms with van der Waals surface area (Å²) in [4.78, 5) is 10.9. The summed E-state index contributed by atoms with van der Waals surface area (Å²) in [7, 11) is 1.64. The molecular weight excluding hydrogens is 270 g/mol. The van der Waals surface area contributed by atoms with Crippen LogP contribution in [0.15, 0.2) is 34.7 Å². The van der Waals surface area contributed by atoms with Crippen LogP contribution in [0.25, 0.3) is 0 Å². The smallest absolute Gasteiger partial charge is 0.371 e. The standard InChI is InChI=1S/C16H19NO4/c1-10(12-5-4-6-14(7-12)20-3)17-9-13-8-15(16(18)19)21-11(13)2/h4-8,10,17H,9H2,1-3H3,(H,18,19)/t10-/m1/s1. The van der Waals surface area contributed by atoms with Crippen molar-refractivity contribution < 1.29 is 19.1 Å². The molecule has 21 heavy (non-hydrogen) atoms. The number of ether oxygens (including phenoxy) is 1. The number of nitrogens with one attached hydrogen (secondary N) is 1. The maximum Gasteiger partial charge on any atom is 0.371 e. The minimum Gasteiger partial charge on any atom is -0.497 e. The highest BCUT2D eigenvalue weighted by atomic mass is 16.5. The highest BCUT2D eigenvalue weighted by Gasteiger charge is 2.14. The molecule has 5 nitrogen and oxygen atoms in total. The normalized spacial score (nSPS) is 12.1. The predicted octanol–water partition coefficient (Wildman–Crippen LogP) is 3.15. The number of rotatable bonds is 6. The molecule has 5 heteroatoms. The highest BCUT2D eigenvalue weighted by molar-refractivity contribution is 5.84. The zero-order valence-corrected chi connectivity index (χ0v) is 12.3. The van der Waals surface area contributed by atoms with Gasteiger partial charge in [-0.25, -0.2) is 4.79 Å². The first kappa shape index (κ1) is 15.1. The summed E-state index contributed by atoms with van der Waals surface area (Å²) in [5.74, 6) is 0.357. The monoisotopic (exact) mass is 289 g/mol. The first-order chi connectivity index (χ1) is 10.0. The zero-order chi connectivity index (χ0) is 15.4. The van der Waals surface area contributed by atoms with E-state index in [9.17, 15) is 4.79 Å². The van der Waals surface area contributed by atoms with Crippen molar-refractivity contribution in [2.75, 3.05) is 7.11 Å². The zero-order valence-electron chi connectivity index (χ0n) is 12.3. The van der Waals surface area contributed by atoms with Crippen molar-refractivity contribution in [3.8, 4) is 5.75 Å². The molecule has 0 saturated heterocycles. The average Bonchev–Trinajstić information content (AvgIpc) is 2.86. The Morgan fingerprint density at radius 3 is 2.81 bits per heavy atom. The Bertz CT molecular complexity index is 633. The number of aryl methyl sites for hydroxylation is 1. The third kappa shape index (κ3) is 3.64. The molecule has 112 valence electrons. The number of benzene rings is 1. The lowest BCUT2D eigenvalue weighted by atomic mass is 10.1. The Labute approximate surface area is 123 Å². The van der Waals surface area contributed by atoms with E-state index in [1.807, 2.05) is 31.2 Å². The van der Waals surface area contributed by atoms with Crippen LogP contribution in [0.3, 0.4) is 0 Å². The van der Waals surface area contributed by atoms with Crippen molar-refractivity contribution in [1.82, 2.24) is 5.32 Å². The van der Waals surface area contributed by atoms with E-state index in [1.54, 1.807) is 20.1 Å². The molecule has 0 aliphatic carbocycles. The number of carboxylic acid groups (broad SMARTS) is 1. The van der Waals surface area contributed by atoms with Gasteiger partial charge in [0.05, 0.1) is 7.11 Å². The number of methoxy groups -OCH3 is 1. The Morgan fingerprint density at radius 2 is 2.19 bits per heavy atom. The van der Waals surface area contributed by atoms with E-state index in [-0.39, 0.29) is 11.8 Å². The molecule has 1 aromatic carbocycles. The molecule has 0 radical (unpaired) electrons. The molecule has 2 aromatic rings. The van der Waals surface area contributed by atoms with Crippen LogP contribution in [0.4, 0.5) is 0 Å². The maximum atomic E-state index is 10.9. The number of hydrogen-bond donors (Lipinski definition) is 2. The van der Waals surface area contributed by atoms with E-state index in [0.29, 0.717) is 12.3 Å². The third-order valence-electron chi connectivity index (χ3n) is 3.42. The highest BCUT2D eigenvalue weighted by Crippen LogP contribution is 2.20. The summed E-state index contributed by atoms with van der Waals surface area (Å²) in [6.45, 7) is 4.35. The third-order valence-corrected chi connectivity index (χ3v) is 3.42. The van der Waals surface area contributed by atoms with Gasteiger partial charge in [0.15, 0.2) is 0 Å². The van der Waals surface area contributed by atoms with E-state index in [1.165, 1.54) is 0 Å². The van der Waals surface area contributed by atoms with Crippen molar-refractivity contribution in [3.05, 3.63) is 53.0 Å². The minimum absolute atomic E-state index is 0.0293. The van der Waals surface area contributed by atoms with Gasteiger partial charge < -0.3 is 19.6 Å². The second kappa shape index (κ2) is 6.45. The lowest BCUT2D eigenvalue weighted by Gasteiger charge is -2.14. The molecule has 1 atom stereocenters. The number of aromatic carboxylic acids is 1. The molecule has 0 aliphatic rings. The van der Waals surface area contributed by atoms with Crippen molar-refractivity contribution >= 4 is 5.97 Å². The second-order valence-corrected chi connectivity index (χ2v) is 4.88. The molecule has 0 bridgehead atoms. The van der Waals surface area contributed by atoms with E-state index in [0.717, 1.165) is 16.9 Å². The molecule has 0 unspecified atom stereocenters. The van der Waals surface area contributed by atoms with Gasteiger partial charge in [0, 0.05) is 18.2 Å². The van der Waals surface area contributed by atoms with Crippen LogP contribution in [0, 0.1) is 6.92 Å². The number of carboxylic acids is 1. The molecule has 2 rings (SSSR count). The van der Waals surface area contributed by atoms with Crippen molar-refractivity contribution in [2.24, 2.45) is 0 Å². The van der Waals surface area contributed by atoms with Crippen LogP contribution in [0.1, 0.15) is 40.4 Å². The molecule has 1 aromatic heterocycles. The maximum absolute atomic E-state index is 10.9. The number of carbonyl (C=O) groups is 1. The van der Waals surface area contributed by atoms with Crippen molar-refractivity contribution in [1.29, 1.82) is 0 Å². The topological polar surface area (TPSA) is 71.7 Å². The Morgan fingerprint density at radius 1 is 1.43 bits per heavy atom. The van der Waals surface area contributed by atoms with Gasteiger partial charge in [-0.2, -0.15) is 0 Å². The quantitative estimate of drug-likeness (QED) is 0.854. The summed E-state index contributed by atoms with van der Waals surface area (Å²) in [5, 5.41) is 12.3. The molecule has 1 heterocycles. The van der Waals surface area contributed by atoms with Gasteiger partial charge >= 0.3 is 5.97 Å². The average molecular weight is 289 g/mol. The van der Waals surface area contributed by atoms with E-state index in [2.05, 4.69) is 5.32 Å². The van der Waals surface area contributed by atoms with Gasteiger partial charge in [0.25, 0.3) is 0 Å². The van der Waals surface area contributed by atoms with Crippen LogP contribution < -0.4 is 10.1 Å². The van der Waals surface area contributed by atoms with Crippen LogP contribution in [0.5, 0.6) is 5.75 Å². The molecule has 0 amide bonds. The van der Waals surface area contributed by atoms with Gasteiger partial charge in [-0.3, -0.25) is 0 Å². The van der Waals surface area contributed by atoms with Crippen LogP contribution >= 0.6 is 0 Å². The van der Waals surface area contributed by atoms with E-state index < -0.39 is 5.97 Å². The second-order valence-electron chi connectivity index (χ2n) is 4.88. The molecule has 0 spiro atoms. The van der Waals surface area contributed by atoms with Crippen molar-refractivity contribution in [3.63, 3.8) is 0 Å². The van der Waals surface area contributed by atoms with E-state index in [4.69, 9.17) is 14.3 Å². The van der Waals surface area contributed by atoms with E-state index >= 15 is 0 Å². The van der Waals surface area contributed by atoms with Gasteiger partial charge in [0.1, 0.15) is 11.5 Å². The summed E-state index contributed by atoms with van der Waals surface area (Å²) < 4.78 is 10.4. The number of hydrogen-bond acceptors (Lipinski definition) is 4. The minimum atomic E-state index is -1.05. The molecule has 0 fully saturated rings. The fourth-order valence-corrected chi connectivity index (χ4v) is 2.09. The molecule has 0 saturated carbocycles. The van der Waals surface area contributed by atoms with Gasteiger partial charge in [-0.1, -0.05) is 12.1 Å². The van der Waals surface area contributed by atoms with Gasteiger partial charge in [-0.05, 0) is 37.6 Å². The summed E-state index contributed by atoms with van der Waals surface area (Å²) in [5.41, 5.74) is 1.95.